The molecule has 4 nitrogen and oxygen atoms in total. The van der Waals surface area contributed by atoms with E-state index >= 15 is 0 Å². The van der Waals surface area contributed by atoms with E-state index < -0.39 is 0 Å². The number of rotatable bonds is 5. The van der Waals surface area contributed by atoms with Crippen LogP contribution in [-0.4, -0.2) is 30.4 Å². The predicted octanol–water partition coefficient (Wildman–Crippen LogP) is 1.71. The third-order valence-corrected chi connectivity index (χ3v) is 2.70. The zero-order valence-corrected chi connectivity index (χ0v) is 9.40. The first kappa shape index (κ1) is 11.1. The molecule has 0 aliphatic heterocycles. The van der Waals surface area contributed by atoms with Gasteiger partial charge in [0.25, 0.3) is 0 Å². The highest BCUT2D eigenvalue weighted by Gasteiger charge is 2.13. The maximum Gasteiger partial charge on any atom is 0.164 e. The minimum Gasteiger partial charge on any atom is -0.383 e. The van der Waals surface area contributed by atoms with Gasteiger partial charge in [0.05, 0.1) is 17.9 Å². The van der Waals surface area contributed by atoms with Gasteiger partial charge in [0.1, 0.15) is 5.00 Å². The van der Waals surface area contributed by atoms with Crippen LogP contribution in [0.1, 0.15) is 23.0 Å². The number of hydrogen-bond acceptors (Lipinski definition) is 5. The molecule has 1 heterocycles. The minimum atomic E-state index is 0.0520. The average molecular weight is 214 g/mol. The van der Waals surface area contributed by atoms with Crippen molar-refractivity contribution in [3.05, 3.63) is 11.3 Å². The lowest BCUT2D eigenvalue weighted by Gasteiger charge is -2.03. The fourth-order valence-electron chi connectivity index (χ4n) is 1.17. The molecule has 0 fully saturated rings. The number of Topliss-reactive ketones (excluding diaryl/α,β-unsaturated/α-hetero) is 1. The molecule has 0 unspecified atom stereocenters. The van der Waals surface area contributed by atoms with Crippen molar-refractivity contribution in [2.24, 2.45) is 0 Å². The molecule has 5 heteroatoms. The molecule has 78 valence electrons. The standard InChI is InChI=1S/C9H14N2O2S/c1-6-8(7(2)12)9(14-11-6)10-4-5-13-3/h10H,4-5H2,1-3H3. The van der Waals surface area contributed by atoms with Crippen molar-refractivity contribution in [3.8, 4) is 0 Å². The number of aromatic nitrogens is 1. The summed E-state index contributed by atoms with van der Waals surface area (Å²) in [6, 6.07) is 0. The molecule has 14 heavy (non-hydrogen) atoms. The molecule has 0 aromatic carbocycles. The number of nitrogens with zero attached hydrogens (tertiary/aromatic N) is 1. The summed E-state index contributed by atoms with van der Waals surface area (Å²) in [5.41, 5.74) is 1.49. The van der Waals surface area contributed by atoms with Gasteiger partial charge in [0.15, 0.2) is 5.78 Å². The van der Waals surface area contributed by atoms with Crippen LogP contribution in [0.25, 0.3) is 0 Å². The first-order valence-corrected chi connectivity index (χ1v) is 5.14. The second-order valence-electron chi connectivity index (χ2n) is 2.95. The number of ketones is 1. The maximum atomic E-state index is 11.3. The summed E-state index contributed by atoms with van der Waals surface area (Å²) >= 11 is 1.32. The van der Waals surface area contributed by atoms with Crippen molar-refractivity contribution < 1.29 is 9.53 Å². The van der Waals surface area contributed by atoms with Gasteiger partial charge >= 0.3 is 0 Å². The Morgan fingerprint density at radius 3 is 2.93 bits per heavy atom. The van der Waals surface area contributed by atoms with Crippen LogP contribution in [0.5, 0.6) is 0 Å². The summed E-state index contributed by atoms with van der Waals surface area (Å²) in [7, 11) is 1.64. The summed E-state index contributed by atoms with van der Waals surface area (Å²) in [6.07, 6.45) is 0. The van der Waals surface area contributed by atoms with Crippen LogP contribution >= 0.6 is 11.5 Å². The summed E-state index contributed by atoms with van der Waals surface area (Å²) in [5.74, 6) is 0.0520. The molecule has 0 atom stereocenters. The van der Waals surface area contributed by atoms with Crippen LogP contribution in [0.2, 0.25) is 0 Å². The molecule has 0 saturated carbocycles. The number of anilines is 1. The van der Waals surface area contributed by atoms with E-state index in [9.17, 15) is 4.79 Å². The fraction of sp³-hybridized carbons (Fsp3) is 0.556. The molecular weight excluding hydrogens is 200 g/mol. The van der Waals surface area contributed by atoms with E-state index in [-0.39, 0.29) is 5.78 Å². The number of methoxy groups -OCH3 is 1. The normalized spacial score (nSPS) is 10.2. The molecule has 0 spiro atoms. The van der Waals surface area contributed by atoms with E-state index in [0.717, 1.165) is 10.7 Å². The second-order valence-corrected chi connectivity index (χ2v) is 3.72. The van der Waals surface area contributed by atoms with Gasteiger partial charge in [0, 0.05) is 13.7 Å². The van der Waals surface area contributed by atoms with Gasteiger partial charge < -0.3 is 10.1 Å². The zero-order chi connectivity index (χ0) is 10.6. The molecule has 0 radical (unpaired) electrons. The number of hydrogen-bond donors (Lipinski definition) is 1. The van der Waals surface area contributed by atoms with Crippen LogP contribution in [0.4, 0.5) is 5.00 Å². The van der Waals surface area contributed by atoms with Crippen molar-refractivity contribution in [1.29, 1.82) is 0 Å². The maximum absolute atomic E-state index is 11.3. The molecule has 0 aliphatic carbocycles. The Morgan fingerprint density at radius 2 is 2.36 bits per heavy atom. The number of aryl methyl sites for hydroxylation is 1. The topological polar surface area (TPSA) is 51.2 Å². The van der Waals surface area contributed by atoms with E-state index in [1.807, 2.05) is 6.92 Å². The molecule has 0 aliphatic rings. The van der Waals surface area contributed by atoms with Crippen LogP contribution in [0, 0.1) is 6.92 Å². The first-order chi connectivity index (χ1) is 6.66. The first-order valence-electron chi connectivity index (χ1n) is 4.36. The fourth-order valence-corrected chi connectivity index (χ4v) is 2.04. The molecule has 1 aromatic rings. The molecule has 0 bridgehead atoms. The van der Waals surface area contributed by atoms with Gasteiger partial charge in [-0.3, -0.25) is 4.79 Å². The van der Waals surface area contributed by atoms with Gasteiger partial charge in [0.2, 0.25) is 0 Å². The summed E-state index contributed by atoms with van der Waals surface area (Å²) in [6.45, 7) is 4.71. The van der Waals surface area contributed by atoms with Crippen molar-refractivity contribution in [3.63, 3.8) is 0 Å². The number of carbonyl (C=O) groups excluding carboxylic acids is 1. The lowest BCUT2D eigenvalue weighted by atomic mass is 10.2. The van der Waals surface area contributed by atoms with Gasteiger partial charge in [-0.15, -0.1) is 0 Å². The van der Waals surface area contributed by atoms with E-state index in [0.29, 0.717) is 18.7 Å². The van der Waals surface area contributed by atoms with Gasteiger partial charge in [-0.05, 0) is 25.4 Å². The quantitative estimate of drug-likeness (QED) is 0.599. The Labute approximate surface area is 87.4 Å². The Bertz CT molecular complexity index is 323. The lowest BCUT2D eigenvalue weighted by molar-refractivity contribution is 0.101. The summed E-state index contributed by atoms with van der Waals surface area (Å²) in [4.78, 5) is 11.3. The van der Waals surface area contributed by atoms with Crippen molar-refractivity contribution in [1.82, 2.24) is 4.37 Å². The molecule has 1 rings (SSSR count). The predicted molar refractivity (Wildman–Crippen MR) is 57.2 cm³/mol. The molecular formula is C9H14N2O2S. The van der Waals surface area contributed by atoms with Crippen LogP contribution in [-0.2, 0) is 4.74 Å². The van der Waals surface area contributed by atoms with Crippen LogP contribution in [0.3, 0.4) is 0 Å². The monoisotopic (exact) mass is 214 g/mol. The highest BCUT2D eigenvalue weighted by atomic mass is 32.1. The van der Waals surface area contributed by atoms with Crippen LogP contribution < -0.4 is 5.32 Å². The van der Waals surface area contributed by atoms with Gasteiger partial charge in [-0.2, -0.15) is 4.37 Å². The Balaban J connectivity index is 2.71. The minimum absolute atomic E-state index is 0.0520. The van der Waals surface area contributed by atoms with Gasteiger partial charge in [-0.1, -0.05) is 0 Å². The number of carbonyl (C=O) groups is 1. The molecule has 1 aromatic heterocycles. The third kappa shape index (κ3) is 2.52. The van der Waals surface area contributed by atoms with Crippen LogP contribution in [0.15, 0.2) is 0 Å². The molecule has 0 amide bonds. The number of ether oxygens (including phenoxy) is 1. The average Bonchev–Trinajstić information content (AvgIpc) is 2.47. The SMILES string of the molecule is COCCNc1snc(C)c1C(C)=O. The van der Waals surface area contributed by atoms with Crippen molar-refractivity contribution >= 4 is 22.3 Å². The van der Waals surface area contributed by atoms with Gasteiger partial charge in [-0.25, -0.2) is 0 Å². The molecule has 1 N–H and O–H groups in total. The smallest absolute Gasteiger partial charge is 0.164 e. The van der Waals surface area contributed by atoms with Crippen molar-refractivity contribution in [2.75, 3.05) is 25.6 Å². The largest absolute Gasteiger partial charge is 0.383 e. The zero-order valence-electron chi connectivity index (χ0n) is 8.59. The number of nitrogens with one attached hydrogen (secondary N) is 1. The second kappa shape index (κ2) is 5.07. The summed E-state index contributed by atoms with van der Waals surface area (Å²) < 4.78 is 9.04. The highest BCUT2D eigenvalue weighted by Crippen LogP contribution is 2.24. The Hall–Kier alpha value is -0.940. The van der Waals surface area contributed by atoms with E-state index in [4.69, 9.17) is 4.74 Å². The Kier molecular flexibility index (Phi) is 4.03. The Morgan fingerprint density at radius 1 is 1.64 bits per heavy atom. The lowest BCUT2D eigenvalue weighted by Crippen LogP contribution is -2.09. The van der Waals surface area contributed by atoms with E-state index in [1.165, 1.54) is 11.5 Å². The van der Waals surface area contributed by atoms with E-state index in [1.54, 1.807) is 14.0 Å². The summed E-state index contributed by atoms with van der Waals surface area (Å²) in [5, 5.41) is 3.97. The van der Waals surface area contributed by atoms with E-state index in [2.05, 4.69) is 9.69 Å². The highest BCUT2D eigenvalue weighted by molar-refractivity contribution is 7.10. The molecule has 0 saturated heterocycles. The van der Waals surface area contributed by atoms with Crippen molar-refractivity contribution in [2.45, 2.75) is 13.8 Å². The third-order valence-electron chi connectivity index (χ3n) is 1.81.